The number of halogens is 4. The van der Waals surface area contributed by atoms with E-state index in [9.17, 15) is 5.11 Å². The lowest BCUT2D eigenvalue weighted by Crippen LogP contribution is -1.97. The Morgan fingerprint density at radius 1 is 1.17 bits per heavy atom. The Morgan fingerprint density at radius 2 is 1.83 bits per heavy atom. The van der Waals surface area contributed by atoms with Crippen molar-refractivity contribution in [1.82, 2.24) is 0 Å². The molecule has 0 bridgehead atoms. The highest BCUT2D eigenvalue weighted by atomic mass is 127. The lowest BCUT2D eigenvalue weighted by Gasteiger charge is -2.09. The molecule has 0 amide bonds. The van der Waals surface area contributed by atoms with Gasteiger partial charge in [-0.2, -0.15) is 0 Å². The average Bonchev–Trinajstić information content (AvgIpc) is 2.48. The van der Waals surface area contributed by atoms with E-state index in [0.29, 0.717) is 16.6 Å². The highest BCUT2D eigenvalue weighted by Gasteiger charge is 2.09. The molecule has 0 spiro atoms. The molecule has 0 fully saturated rings. The lowest BCUT2D eigenvalue weighted by molar-refractivity contribution is 0.358. The van der Waals surface area contributed by atoms with E-state index in [-0.39, 0.29) is 5.75 Å². The van der Waals surface area contributed by atoms with Crippen LogP contribution in [0.3, 0.4) is 0 Å². The molecule has 3 nitrogen and oxygen atoms in total. The van der Waals surface area contributed by atoms with E-state index in [0.717, 1.165) is 23.0 Å². The number of ether oxygens (including phenoxy) is 1. The minimum atomic E-state index is 0.160. The van der Waals surface area contributed by atoms with Gasteiger partial charge in [0.15, 0.2) is 0 Å². The highest BCUT2D eigenvalue weighted by Crippen LogP contribution is 2.33. The summed E-state index contributed by atoms with van der Waals surface area (Å²) in [6.07, 6.45) is 3.35. The summed E-state index contributed by atoms with van der Waals surface area (Å²) in [5.41, 5.74) is 1.42. The Bertz CT molecular complexity index is 756. The molecule has 120 valence electrons. The quantitative estimate of drug-likeness (QED) is 0.228. The van der Waals surface area contributed by atoms with E-state index in [1.807, 2.05) is 12.1 Å². The van der Waals surface area contributed by atoms with Crippen LogP contribution >= 0.6 is 77.0 Å². The van der Waals surface area contributed by atoms with E-state index in [1.54, 1.807) is 24.4 Å². The minimum Gasteiger partial charge on any atom is -0.506 e. The standard InChI is InChI=1S/C16H11Br2I2NO2/c1-2-3-23-16-13(19)6-11(7-14(16)20)21-8-9-4-10(17)5-12(18)15(9)22/h2,4-8,22H,1,3H2. The summed E-state index contributed by atoms with van der Waals surface area (Å²) in [5.74, 6) is 0.991. The Balaban J connectivity index is 2.32. The SMILES string of the molecule is C=CCOc1c(I)cc(N=Cc2cc(Br)cc(Br)c2O)cc1I. The van der Waals surface area contributed by atoms with Crippen LogP contribution in [-0.4, -0.2) is 17.9 Å². The summed E-state index contributed by atoms with van der Waals surface area (Å²) in [4.78, 5) is 4.45. The molecule has 2 rings (SSSR count). The Morgan fingerprint density at radius 3 is 2.43 bits per heavy atom. The van der Waals surface area contributed by atoms with Crippen molar-refractivity contribution < 1.29 is 9.84 Å². The van der Waals surface area contributed by atoms with Crippen molar-refractivity contribution in [2.24, 2.45) is 4.99 Å². The largest absolute Gasteiger partial charge is 0.506 e. The molecule has 0 aliphatic heterocycles. The molecule has 1 N–H and O–H groups in total. The van der Waals surface area contributed by atoms with Gasteiger partial charge in [0.05, 0.1) is 17.3 Å². The molecule has 0 radical (unpaired) electrons. The number of nitrogens with zero attached hydrogens (tertiary/aromatic N) is 1. The van der Waals surface area contributed by atoms with E-state index < -0.39 is 0 Å². The van der Waals surface area contributed by atoms with Gasteiger partial charge in [-0.05, 0) is 85.4 Å². The van der Waals surface area contributed by atoms with Crippen molar-refractivity contribution in [1.29, 1.82) is 0 Å². The maximum absolute atomic E-state index is 10.1. The van der Waals surface area contributed by atoms with Gasteiger partial charge >= 0.3 is 0 Å². The third-order valence-electron chi connectivity index (χ3n) is 2.74. The number of aliphatic imine (C=N–C) groups is 1. The summed E-state index contributed by atoms with van der Waals surface area (Å²) in [7, 11) is 0. The molecule has 0 aliphatic rings. The van der Waals surface area contributed by atoms with Gasteiger partial charge in [0.25, 0.3) is 0 Å². The van der Waals surface area contributed by atoms with Crippen LogP contribution in [0.4, 0.5) is 5.69 Å². The van der Waals surface area contributed by atoms with Crippen LogP contribution in [0.15, 0.2) is 50.9 Å². The zero-order valence-corrected chi connectivity index (χ0v) is 19.2. The predicted octanol–water partition coefficient (Wildman–Crippen LogP) is 6.44. The second-order valence-electron chi connectivity index (χ2n) is 4.42. The molecule has 23 heavy (non-hydrogen) atoms. The number of hydrogen-bond donors (Lipinski definition) is 1. The van der Waals surface area contributed by atoms with E-state index in [2.05, 4.69) is 88.6 Å². The van der Waals surface area contributed by atoms with Crippen molar-refractivity contribution in [3.8, 4) is 11.5 Å². The first-order valence-electron chi connectivity index (χ1n) is 6.37. The molecule has 7 heteroatoms. The molecule has 0 atom stereocenters. The van der Waals surface area contributed by atoms with Crippen molar-refractivity contribution in [3.63, 3.8) is 0 Å². The summed E-state index contributed by atoms with van der Waals surface area (Å²) >= 11 is 11.2. The van der Waals surface area contributed by atoms with Crippen LogP contribution in [0, 0.1) is 7.14 Å². The van der Waals surface area contributed by atoms with Gasteiger partial charge < -0.3 is 9.84 Å². The fraction of sp³-hybridized carbons (Fsp3) is 0.0625. The molecule has 0 heterocycles. The molecule has 0 aliphatic carbocycles. The number of phenols is 1. The van der Waals surface area contributed by atoms with Crippen LogP contribution in [-0.2, 0) is 0 Å². The van der Waals surface area contributed by atoms with E-state index >= 15 is 0 Å². The topological polar surface area (TPSA) is 41.8 Å². The molecular weight excluding hydrogens is 652 g/mol. The number of benzene rings is 2. The first-order valence-corrected chi connectivity index (χ1v) is 10.1. The van der Waals surface area contributed by atoms with E-state index in [1.165, 1.54) is 0 Å². The van der Waals surface area contributed by atoms with Gasteiger partial charge in [-0.25, -0.2) is 0 Å². The van der Waals surface area contributed by atoms with Gasteiger partial charge in [-0.3, -0.25) is 4.99 Å². The maximum Gasteiger partial charge on any atom is 0.146 e. The van der Waals surface area contributed by atoms with Gasteiger partial charge in [0, 0.05) is 16.3 Å². The Labute approximate surface area is 178 Å². The van der Waals surface area contributed by atoms with Crippen molar-refractivity contribution in [2.75, 3.05) is 6.61 Å². The second-order valence-corrected chi connectivity index (χ2v) is 8.52. The molecular formula is C16H11Br2I2NO2. The zero-order valence-electron chi connectivity index (χ0n) is 11.7. The van der Waals surface area contributed by atoms with Crippen LogP contribution in [0.5, 0.6) is 11.5 Å². The zero-order chi connectivity index (χ0) is 17.0. The minimum absolute atomic E-state index is 0.160. The molecule has 0 saturated heterocycles. The average molecular weight is 663 g/mol. The van der Waals surface area contributed by atoms with E-state index in [4.69, 9.17) is 4.74 Å². The normalized spacial score (nSPS) is 11.0. The fourth-order valence-corrected chi connectivity index (χ4v) is 5.03. The molecule has 2 aromatic carbocycles. The summed E-state index contributed by atoms with van der Waals surface area (Å²) in [6, 6.07) is 7.45. The molecule has 0 unspecified atom stereocenters. The van der Waals surface area contributed by atoms with Gasteiger partial charge in [-0.15, -0.1) is 0 Å². The first kappa shape index (κ1) is 19.2. The van der Waals surface area contributed by atoms with Gasteiger partial charge in [-0.1, -0.05) is 28.6 Å². The van der Waals surface area contributed by atoms with Crippen molar-refractivity contribution >= 4 is 88.9 Å². The van der Waals surface area contributed by atoms with Crippen LogP contribution in [0.2, 0.25) is 0 Å². The van der Waals surface area contributed by atoms with Crippen LogP contribution in [0.1, 0.15) is 5.56 Å². The molecule has 0 saturated carbocycles. The Hall–Kier alpha value is -0.130. The fourth-order valence-electron chi connectivity index (χ4n) is 1.73. The van der Waals surface area contributed by atoms with Gasteiger partial charge in [0.2, 0.25) is 0 Å². The number of phenolic OH excluding ortho intramolecular Hbond substituents is 1. The Kier molecular flexibility index (Phi) is 7.36. The van der Waals surface area contributed by atoms with Crippen molar-refractivity contribution in [2.45, 2.75) is 0 Å². The van der Waals surface area contributed by atoms with Crippen LogP contribution < -0.4 is 4.74 Å². The summed E-state index contributed by atoms with van der Waals surface area (Å²) in [6.45, 7) is 4.12. The number of aromatic hydroxyl groups is 1. The third-order valence-corrected chi connectivity index (χ3v) is 5.40. The van der Waals surface area contributed by atoms with Gasteiger partial charge in [0.1, 0.15) is 18.1 Å². The monoisotopic (exact) mass is 661 g/mol. The summed E-state index contributed by atoms with van der Waals surface area (Å²) < 4.78 is 9.08. The second kappa shape index (κ2) is 8.82. The van der Waals surface area contributed by atoms with Crippen molar-refractivity contribution in [3.05, 3.63) is 58.6 Å². The highest BCUT2D eigenvalue weighted by molar-refractivity contribution is 14.1. The smallest absolute Gasteiger partial charge is 0.146 e. The number of hydrogen-bond acceptors (Lipinski definition) is 3. The third kappa shape index (κ3) is 5.17. The summed E-state index contributed by atoms with van der Waals surface area (Å²) in [5, 5.41) is 10.1. The maximum atomic E-state index is 10.1. The molecule has 2 aromatic rings. The predicted molar refractivity (Wildman–Crippen MR) is 118 cm³/mol. The lowest BCUT2D eigenvalue weighted by atomic mass is 10.2. The first-order chi connectivity index (χ1) is 10.9. The molecule has 0 aromatic heterocycles. The van der Waals surface area contributed by atoms with Crippen LogP contribution in [0.25, 0.3) is 0 Å². The number of rotatable bonds is 5.